The molecule has 0 unspecified atom stereocenters. The van der Waals surface area contributed by atoms with Gasteiger partial charge in [0.25, 0.3) is 5.56 Å². The summed E-state index contributed by atoms with van der Waals surface area (Å²) in [7, 11) is -3.77. The maximum Gasteiger partial charge on any atom is 0.310 e. The molecular formula is C21H21BrN2O4S3. The fraction of sp³-hybridized carbons (Fsp3) is 0.333. The lowest BCUT2D eigenvalue weighted by Crippen LogP contribution is -2.24. The van der Waals surface area contributed by atoms with E-state index < -0.39 is 10.1 Å². The molecule has 0 bridgehead atoms. The number of aryl methyl sites for hydroxylation is 2. The van der Waals surface area contributed by atoms with E-state index in [-0.39, 0.29) is 22.8 Å². The lowest BCUT2D eigenvalue weighted by atomic mass is 9.97. The Kier molecular flexibility index (Phi) is 6.90. The number of allylic oxidation sites excluding steroid dienone is 1. The summed E-state index contributed by atoms with van der Waals surface area (Å²) in [4.78, 5) is 19.9. The molecule has 10 heteroatoms. The van der Waals surface area contributed by atoms with Crippen molar-refractivity contribution in [1.82, 2.24) is 9.55 Å². The molecule has 1 aromatic carbocycles. The van der Waals surface area contributed by atoms with Crippen LogP contribution in [0.15, 0.2) is 51.3 Å². The summed E-state index contributed by atoms with van der Waals surface area (Å²) < 4.78 is 32.3. The summed E-state index contributed by atoms with van der Waals surface area (Å²) in [5.41, 5.74) is 1.07. The number of fused-ring (bicyclic) bond motifs is 3. The second-order valence-electron chi connectivity index (χ2n) is 7.14. The first-order valence-electron chi connectivity index (χ1n) is 9.84. The van der Waals surface area contributed by atoms with Crippen LogP contribution in [0.5, 0.6) is 5.75 Å². The number of aromatic nitrogens is 2. The highest BCUT2D eigenvalue weighted by atomic mass is 79.9. The first-order valence-corrected chi connectivity index (χ1v) is 14.0. The van der Waals surface area contributed by atoms with Crippen LogP contribution in [0.4, 0.5) is 0 Å². The Hall–Kier alpha value is -1.62. The third-order valence-electron chi connectivity index (χ3n) is 4.95. The lowest BCUT2D eigenvalue weighted by Gasteiger charge is -2.12. The second-order valence-corrected chi connectivity index (χ2v) is 11.9. The Morgan fingerprint density at radius 2 is 2.00 bits per heavy atom. The molecule has 1 aliphatic carbocycles. The van der Waals surface area contributed by atoms with E-state index in [0.29, 0.717) is 11.7 Å². The van der Waals surface area contributed by atoms with E-state index in [4.69, 9.17) is 9.17 Å². The van der Waals surface area contributed by atoms with Gasteiger partial charge in [-0.25, -0.2) is 4.98 Å². The Balaban J connectivity index is 1.55. The van der Waals surface area contributed by atoms with Crippen molar-refractivity contribution in [2.45, 2.75) is 37.4 Å². The van der Waals surface area contributed by atoms with Crippen molar-refractivity contribution in [3.05, 3.63) is 62.2 Å². The molecule has 0 saturated heterocycles. The van der Waals surface area contributed by atoms with Gasteiger partial charge in [0.2, 0.25) is 0 Å². The average molecular weight is 542 g/mol. The SMILES string of the molecule is C=CCn1c(SCCS(=O)(=O)Oc2ccc(Br)cc2)nc2sc3c(c2c1=O)CCCC3. The quantitative estimate of drug-likeness (QED) is 0.177. The Morgan fingerprint density at radius 3 is 2.74 bits per heavy atom. The van der Waals surface area contributed by atoms with Gasteiger partial charge in [-0.3, -0.25) is 9.36 Å². The molecule has 0 fully saturated rings. The molecule has 0 spiro atoms. The van der Waals surface area contributed by atoms with Crippen LogP contribution in [0.25, 0.3) is 10.2 Å². The number of nitrogens with zero attached hydrogens (tertiary/aromatic N) is 2. The van der Waals surface area contributed by atoms with Gasteiger partial charge in [-0.15, -0.1) is 17.9 Å². The number of hydrogen-bond donors (Lipinski definition) is 0. The van der Waals surface area contributed by atoms with Gasteiger partial charge in [0, 0.05) is 21.6 Å². The molecular weight excluding hydrogens is 520 g/mol. The van der Waals surface area contributed by atoms with Crippen molar-refractivity contribution in [1.29, 1.82) is 0 Å². The predicted octanol–water partition coefficient (Wildman–Crippen LogP) is 4.79. The van der Waals surface area contributed by atoms with E-state index in [0.717, 1.165) is 45.9 Å². The van der Waals surface area contributed by atoms with Gasteiger partial charge < -0.3 is 4.18 Å². The maximum atomic E-state index is 13.2. The zero-order valence-corrected chi connectivity index (χ0v) is 20.7. The van der Waals surface area contributed by atoms with E-state index in [9.17, 15) is 13.2 Å². The van der Waals surface area contributed by atoms with Crippen LogP contribution in [0.1, 0.15) is 23.3 Å². The summed E-state index contributed by atoms with van der Waals surface area (Å²) >= 11 is 6.14. The number of halogens is 1. The number of rotatable bonds is 8. The molecule has 2 heterocycles. The number of thioether (sulfide) groups is 1. The molecule has 2 aromatic heterocycles. The molecule has 0 amide bonds. The fourth-order valence-electron chi connectivity index (χ4n) is 3.53. The van der Waals surface area contributed by atoms with Crippen molar-refractivity contribution in [2.75, 3.05) is 11.5 Å². The minimum atomic E-state index is -3.77. The van der Waals surface area contributed by atoms with E-state index in [1.165, 1.54) is 16.6 Å². The van der Waals surface area contributed by atoms with Gasteiger partial charge in [0.1, 0.15) is 10.6 Å². The molecule has 0 saturated carbocycles. The minimum absolute atomic E-state index is 0.0687. The Labute approximate surface area is 197 Å². The molecule has 4 rings (SSSR count). The van der Waals surface area contributed by atoms with Crippen LogP contribution in [0.3, 0.4) is 0 Å². The largest absolute Gasteiger partial charge is 0.382 e. The first kappa shape index (κ1) is 22.6. The van der Waals surface area contributed by atoms with Gasteiger partial charge in [0.15, 0.2) is 5.16 Å². The highest BCUT2D eigenvalue weighted by molar-refractivity contribution is 9.10. The van der Waals surface area contributed by atoms with Gasteiger partial charge in [0.05, 0.1) is 11.1 Å². The summed E-state index contributed by atoms with van der Waals surface area (Å²) in [6, 6.07) is 6.61. The van der Waals surface area contributed by atoms with Gasteiger partial charge in [-0.1, -0.05) is 33.8 Å². The summed E-state index contributed by atoms with van der Waals surface area (Å²) in [5, 5.41) is 1.23. The van der Waals surface area contributed by atoms with Crippen LogP contribution < -0.4 is 9.74 Å². The molecule has 3 aromatic rings. The van der Waals surface area contributed by atoms with Crippen LogP contribution >= 0.6 is 39.0 Å². The monoisotopic (exact) mass is 540 g/mol. The van der Waals surface area contributed by atoms with Crippen molar-refractivity contribution >= 4 is 59.4 Å². The van der Waals surface area contributed by atoms with E-state index in [1.54, 1.807) is 46.2 Å². The molecule has 6 nitrogen and oxygen atoms in total. The Bertz CT molecular complexity index is 1280. The number of benzene rings is 1. The summed E-state index contributed by atoms with van der Waals surface area (Å²) in [6.45, 7) is 4.08. The Morgan fingerprint density at radius 1 is 1.26 bits per heavy atom. The number of hydrogen-bond acceptors (Lipinski definition) is 7. The molecule has 0 N–H and O–H groups in total. The third kappa shape index (κ3) is 5.08. The number of thiophene rings is 1. The predicted molar refractivity (Wildman–Crippen MR) is 130 cm³/mol. The van der Waals surface area contributed by atoms with Crippen LogP contribution in [-0.4, -0.2) is 29.5 Å². The molecule has 0 atom stereocenters. The smallest absolute Gasteiger partial charge is 0.310 e. The molecule has 164 valence electrons. The topological polar surface area (TPSA) is 78.3 Å². The van der Waals surface area contributed by atoms with Gasteiger partial charge in [-0.2, -0.15) is 8.42 Å². The molecule has 0 radical (unpaired) electrons. The standard InChI is InChI=1S/C21H21BrN2O4S3/c1-2-11-24-20(25)18-16-5-3-4-6-17(16)30-19(18)23-21(24)29-12-13-31(26,27)28-15-9-7-14(22)8-10-15/h2,7-10H,1,3-6,11-13H2. The van der Waals surface area contributed by atoms with Gasteiger partial charge in [-0.05, 0) is 55.5 Å². The van der Waals surface area contributed by atoms with Gasteiger partial charge >= 0.3 is 10.1 Å². The van der Waals surface area contributed by atoms with E-state index in [1.807, 2.05) is 0 Å². The van der Waals surface area contributed by atoms with Crippen molar-refractivity contribution in [3.63, 3.8) is 0 Å². The van der Waals surface area contributed by atoms with Crippen LogP contribution in [0, 0.1) is 0 Å². The zero-order chi connectivity index (χ0) is 22.0. The van der Waals surface area contributed by atoms with Crippen molar-refractivity contribution < 1.29 is 12.6 Å². The van der Waals surface area contributed by atoms with Crippen molar-refractivity contribution in [2.24, 2.45) is 0 Å². The normalized spacial score (nSPS) is 13.8. The molecule has 31 heavy (non-hydrogen) atoms. The summed E-state index contributed by atoms with van der Waals surface area (Å²) in [5.74, 6) is 0.288. The maximum absolute atomic E-state index is 13.2. The lowest BCUT2D eigenvalue weighted by molar-refractivity contribution is 0.488. The molecule has 0 aliphatic heterocycles. The minimum Gasteiger partial charge on any atom is -0.382 e. The fourth-order valence-corrected chi connectivity index (χ4v) is 7.40. The van der Waals surface area contributed by atoms with Crippen LogP contribution in [-0.2, 0) is 29.5 Å². The van der Waals surface area contributed by atoms with Crippen LogP contribution in [0.2, 0.25) is 0 Å². The summed E-state index contributed by atoms with van der Waals surface area (Å²) in [6.07, 6.45) is 5.79. The van der Waals surface area contributed by atoms with E-state index >= 15 is 0 Å². The first-order chi connectivity index (χ1) is 14.9. The van der Waals surface area contributed by atoms with Crippen molar-refractivity contribution in [3.8, 4) is 5.75 Å². The highest BCUT2D eigenvalue weighted by Crippen LogP contribution is 2.34. The highest BCUT2D eigenvalue weighted by Gasteiger charge is 2.22. The third-order valence-corrected chi connectivity index (χ3v) is 9.05. The molecule has 1 aliphatic rings. The second kappa shape index (κ2) is 9.48. The zero-order valence-electron chi connectivity index (χ0n) is 16.7. The van der Waals surface area contributed by atoms with E-state index in [2.05, 4.69) is 22.5 Å². The average Bonchev–Trinajstić information content (AvgIpc) is 3.10.